The summed E-state index contributed by atoms with van der Waals surface area (Å²) in [4.78, 5) is 0. The Labute approximate surface area is 90.2 Å². The zero-order chi connectivity index (χ0) is 11.3. The second-order valence-corrected chi connectivity index (χ2v) is 3.68. The zero-order valence-electron chi connectivity index (χ0n) is 9.29. The normalized spacial score (nSPS) is 12.5. The average molecular weight is 211 g/mol. The number of methoxy groups -OCH3 is 1. The van der Waals surface area contributed by atoms with Crippen LogP contribution in [0.5, 0.6) is 5.75 Å². The van der Waals surface area contributed by atoms with Crippen molar-refractivity contribution in [2.45, 2.75) is 19.8 Å². The van der Waals surface area contributed by atoms with Gasteiger partial charge in [-0.15, -0.1) is 0 Å². The lowest BCUT2D eigenvalue weighted by Crippen LogP contribution is -2.15. The SMILES string of the molecule is CCC(CN)Cc1ccc(OC)c(F)c1. The predicted molar refractivity (Wildman–Crippen MR) is 59.5 cm³/mol. The summed E-state index contributed by atoms with van der Waals surface area (Å²) in [5.41, 5.74) is 6.58. The lowest BCUT2D eigenvalue weighted by molar-refractivity contribution is 0.385. The number of ether oxygens (including phenoxy) is 1. The lowest BCUT2D eigenvalue weighted by atomic mass is 9.97. The molecule has 0 fully saturated rings. The molecule has 84 valence electrons. The Bertz CT molecular complexity index is 310. The number of hydrogen-bond donors (Lipinski definition) is 1. The standard InChI is InChI=1S/C12H18FNO/c1-3-9(8-14)6-10-4-5-12(15-2)11(13)7-10/h4-5,7,9H,3,6,8,14H2,1-2H3. The maximum absolute atomic E-state index is 13.4. The summed E-state index contributed by atoms with van der Waals surface area (Å²) in [6, 6.07) is 5.07. The van der Waals surface area contributed by atoms with Gasteiger partial charge >= 0.3 is 0 Å². The van der Waals surface area contributed by atoms with Crippen LogP contribution < -0.4 is 10.5 Å². The van der Waals surface area contributed by atoms with E-state index >= 15 is 0 Å². The molecule has 0 amide bonds. The van der Waals surface area contributed by atoms with Crippen LogP contribution in [0.15, 0.2) is 18.2 Å². The largest absolute Gasteiger partial charge is 0.494 e. The summed E-state index contributed by atoms with van der Waals surface area (Å²) in [7, 11) is 1.47. The van der Waals surface area contributed by atoms with Crippen LogP contribution >= 0.6 is 0 Å². The molecular weight excluding hydrogens is 193 g/mol. The van der Waals surface area contributed by atoms with E-state index in [0.717, 1.165) is 18.4 Å². The summed E-state index contributed by atoms with van der Waals surface area (Å²) >= 11 is 0. The maximum atomic E-state index is 13.4. The van der Waals surface area contributed by atoms with Crippen LogP contribution in [0.4, 0.5) is 4.39 Å². The quantitative estimate of drug-likeness (QED) is 0.811. The van der Waals surface area contributed by atoms with Gasteiger partial charge in [-0.3, -0.25) is 0 Å². The van der Waals surface area contributed by atoms with Gasteiger partial charge in [0.25, 0.3) is 0 Å². The fourth-order valence-electron chi connectivity index (χ4n) is 1.56. The zero-order valence-corrected chi connectivity index (χ0v) is 9.29. The first-order chi connectivity index (χ1) is 7.21. The van der Waals surface area contributed by atoms with E-state index in [1.807, 2.05) is 6.07 Å². The van der Waals surface area contributed by atoms with Crippen LogP contribution in [-0.4, -0.2) is 13.7 Å². The summed E-state index contributed by atoms with van der Waals surface area (Å²) in [6.45, 7) is 2.74. The summed E-state index contributed by atoms with van der Waals surface area (Å²) < 4.78 is 18.2. The van der Waals surface area contributed by atoms with Crippen molar-refractivity contribution in [2.75, 3.05) is 13.7 Å². The van der Waals surface area contributed by atoms with Crippen LogP contribution in [0.25, 0.3) is 0 Å². The number of rotatable bonds is 5. The Morgan fingerprint density at radius 3 is 2.67 bits per heavy atom. The molecule has 0 radical (unpaired) electrons. The van der Waals surface area contributed by atoms with Crippen molar-refractivity contribution < 1.29 is 9.13 Å². The Morgan fingerprint density at radius 2 is 2.20 bits per heavy atom. The van der Waals surface area contributed by atoms with Crippen molar-refractivity contribution in [1.29, 1.82) is 0 Å². The van der Waals surface area contributed by atoms with Crippen molar-refractivity contribution >= 4 is 0 Å². The van der Waals surface area contributed by atoms with Crippen molar-refractivity contribution in [3.8, 4) is 5.75 Å². The summed E-state index contributed by atoms with van der Waals surface area (Å²) in [6.07, 6.45) is 1.85. The molecule has 0 spiro atoms. The maximum Gasteiger partial charge on any atom is 0.165 e. The fourth-order valence-corrected chi connectivity index (χ4v) is 1.56. The van der Waals surface area contributed by atoms with Crippen LogP contribution in [-0.2, 0) is 6.42 Å². The van der Waals surface area contributed by atoms with Gasteiger partial charge < -0.3 is 10.5 Å². The molecule has 0 saturated heterocycles. The number of nitrogens with two attached hydrogens (primary N) is 1. The van der Waals surface area contributed by atoms with E-state index in [1.54, 1.807) is 6.07 Å². The van der Waals surface area contributed by atoms with Crippen molar-refractivity contribution in [2.24, 2.45) is 11.7 Å². The van der Waals surface area contributed by atoms with Crippen LogP contribution in [0.1, 0.15) is 18.9 Å². The van der Waals surface area contributed by atoms with E-state index in [2.05, 4.69) is 6.92 Å². The molecule has 1 atom stereocenters. The van der Waals surface area contributed by atoms with Gasteiger partial charge in [0.05, 0.1) is 7.11 Å². The van der Waals surface area contributed by atoms with Gasteiger partial charge in [0.2, 0.25) is 0 Å². The molecule has 2 N–H and O–H groups in total. The molecule has 0 bridgehead atoms. The Morgan fingerprint density at radius 1 is 1.47 bits per heavy atom. The van der Waals surface area contributed by atoms with Crippen molar-refractivity contribution in [3.63, 3.8) is 0 Å². The molecule has 1 aromatic rings. The highest BCUT2D eigenvalue weighted by molar-refractivity contribution is 5.29. The summed E-state index contributed by atoms with van der Waals surface area (Å²) in [5.74, 6) is 0.416. The topological polar surface area (TPSA) is 35.2 Å². The number of halogens is 1. The second kappa shape index (κ2) is 5.71. The summed E-state index contributed by atoms with van der Waals surface area (Å²) in [5, 5.41) is 0. The molecule has 15 heavy (non-hydrogen) atoms. The minimum Gasteiger partial charge on any atom is -0.494 e. The second-order valence-electron chi connectivity index (χ2n) is 3.68. The van der Waals surface area contributed by atoms with E-state index in [1.165, 1.54) is 13.2 Å². The van der Waals surface area contributed by atoms with Crippen LogP contribution in [0.3, 0.4) is 0 Å². The van der Waals surface area contributed by atoms with Crippen LogP contribution in [0, 0.1) is 11.7 Å². The first-order valence-electron chi connectivity index (χ1n) is 5.23. The monoisotopic (exact) mass is 211 g/mol. The van der Waals surface area contributed by atoms with Gasteiger partial charge in [0.15, 0.2) is 11.6 Å². The molecule has 1 unspecified atom stereocenters. The molecule has 0 aliphatic carbocycles. The first kappa shape index (κ1) is 12.0. The average Bonchev–Trinajstić information content (AvgIpc) is 2.26. The first-order valence-corrected chi connectivity index (χ1v) is 5.23. The smallest absolute Gasteiger partial charge is 0.165 e. The molecular formula is C12H18FNO. The third-order valence-electron chi connectivity index (χ3n) is 2.65. The molecule has 3 heteroatoms. The van der Waals surface area contributed by atoms with E-state index in [-0.39, 0.29) is 5.82 Å². The molecule has 0 aliphatic rings. The number of hydrogen-bond acceptors (Lipinski definition) is 2. The Kier molecular flexibility index (Phi) is 4.56. The third-order valence-corrected chi connectivity index (χ3v) is 2.65. The molecule has 0 saturated carbocycles. The molecule has 0 aliphatic heterocycles. The highest BCUT2D eigenvalue weighted by Crippen LogP contribution is 2.20. The highest BCUT2D eigenvalue weighted by Gasteiger charge is 2.08. The highest BCUT2D eigenvalue weighted by atomic mass is 19.1. The minimum absolute atomic E-state index is 0.291. The van der Waals surface area contributed by atoms with E-state index in [0.29, 0.717) is 18.2 Å². The van der Waals surface area contributed by atoms with Gasteiger partial charge in [-0.1, -0.05) is 19.4 Å². The van der Waals surface area contributed by atoms with Gasteiger partial charge in [0.1, 0.15) is 0 Å². The predicted octanol–water partition coefficient (Wildman–Crippen LogP) is 2.36. The van der Waals surface area contributed by atoms with Crippen LogP contribution in [0.2, 0.25) is 0 Å². The van der Waals surface area contributed by atoms with E-state index in [4.69, 9.17) is 10.5 Å². The Balaban J connectivity index is 2.74. The number of benzene rings is 1. The van der Waals surface area contributed by atoms with Gasteiger partial charge in [0, 0.05) is 0 Å². The minimum atomic E-state index is -0.304. The van der Waals surface area contributed by atoms with Gasteiger partial charge in [-0.25, -0.2) is 4.39 Å². The van der Waals surface area contributed by atoms with Gasteiger partial charge in [-0.2, -0.15) is 0 Å². The molecule has 2 nitrogen and oxygen atoms in total. The fraction of sp³-hybridized carbons (Fsp3) is 0.500. The lowest BCUT2D eigenvalue weighted by Gasteiger charge is -2.12. The third kappa shape index (κ3) is 3.20. The van der Waals surface area contributed by atoms with E-state index in [9.17, 15) is 4.39 Å². The molecule has 0 aromatic heterocycles. The molecule has 1 aromatic carbocycles. The van der Waals surface area contributed by atoms with E-state index < -0.39 is 0 Å². The van der Waals surface area contributed by atoms with Crippen molar-refractivity contribution in [3.05, 3.63) is 29.6 Å². The molecule has 0 heterocycles. The van der Waals surface area contributed by atoms with Gasteiger partial charge in [-0.05, 0) is 36.6 Å². The molecule has 1 rings (SSSR count). The van der Waals surface area contributed by atoms with Crippen molar-refractivity contribution in [1.82, 2.24) is 0 Å². The Hall–Kier alpha value is -1.09.